The summed E-state index contributed by atoms with van der Waals surface area (Å²) in [5.41, 5.74) is 1.33. The third-order valence-corrected chi connectivity index (χ3v) is 4.82. The van der Waals surface area contributed by atoms with Crippen molar-refractivity contribution < 1.29 is 9.59 Å². The molecule has 1 aromatic heterocycles. The van der Waals surface area contributed by atoms with E-state index in [0.717, 1.165) is 5.69 Å². The molecule has 32 heavy (non-hydrogen) atoms. The van der Waals surface area contributed by atoms with Gasteiger partial charge in [0.05, 0.1) is 22.9 Å². The predicted octanol–water partition coefficient (Wildman–Crippen LogP) is 4.69. The van der Waals surface area contributed by atoms with E-state index in [1.165, 1.54) is 4.90 Å². The Kier molecular flexibility index (Phi) is 7.34. The van der Waals surface area contributed by atoms with E-state index in [4.69, 9.17) is 10.4 Å². The summed E-state index contributed by atoms with van der Waals surface area (Å²) in [6, 6.07) is 9.95. The summed E-state index contributed by atoms with van der Waals surface area (Å²) < 4.78 is 1.80. The van der Waals surface area contributed by atoms with Crippen LogP contribution in [0, 0.1) is 11.3 Å². The maximum absolute atomic E-state index is 12.9. The van der Waals surface area contributed by atoms with Crippen molar-refractivity contribution in [2.45, 2.75) is 72.4 Å². The van der Waals surface area contributed by atoms with Crippen molar-refractivity contribution >= 4 is 23.4 Å². The number of anilines is 2. The zero-order valence-electron chi connectivity index (χ0n) is 20.3. The number of urea groups is 1. The highest BCUT2D eigenvalue weighted by Crippen LogP contribution is 2.28. The summed E-state index contributed by atoms with van der Waals surface area (Å²) in [7, 11) is 0. The van der Waals surface area contributed by atoms with Crippen molar-refractivity contribution in [1.82, 2.24) is 14.7 Å². The zero-order valence-corrected chi connectivity index (χ0v) is 20.3. The van der Waals surface area contributed by atoms with Crippen LogP contribution in [0.5, 0.6) is 0 Å². The average Bonchev–Trinajstić information content (AvgIpc) is 3.10. The minimum Gasteiger partial charge on any atom is -0.313 e. The summed E-state index contributed by atoms with van der Waals surface area (Å²) in [5, 5.41) is 19.5. The van der Waals surface area contributed by atoms with Gasteiger partial charge in [-0.1, -0.05) is 26.8 Å². The Morgan fingerprint density at radius 2 is 1.78 bits per heavy atom. The first-order valence-corrected chi connectivity index (χ1v) is 10.7. The molecule has 0 radical (unpaired) electrons. The smallest absolute Gasteiger partial charge is 0.313 e. The highest BCUT2D eigenvalue weighted by molar-refractivity contribution is 5.96. The molecule has 0 saturated carbocycles. The van der Waals surface area contributed by atoms with Crippen molar-refractivity contribution in [3.8, 4) is 6.07 Å². The fraction of sp³-hybridized carbons (Fsp3) is 0.500. The number of nitrogens with one attached hydrogen (secondary N) is 2. The number of carbonyl (C=O) groups excluding carboxylic acids is 2. The number of rotatable bonds is 5. The largest absolute Gasteiger partial charge is 0.322 e. The zero-order chi connectivity index (χ0) is 24.3. The molecule has 0 fully saturated rings. The van der Waals surface area contributed by atoms with Gasteiger partial charge in [0, 0.05) is 23.2 Å². The Bertz CT molecular complexity index is 1020. The van der Waals surface area contributed by atoms with Crippen LogP contribution in [0.3, 0.4) is 0 Å². The molecule has 0 saturated heterocycles. The fourth-order valence-electron chi connectivity index (χ4n) is 3.04. The van der Waals surface area contributed by atoms with E-state index < -0.39 is 6.03 Å². The van der Waals surface area contributed by atoms with Gasteiger partial charge in [0.15, 0.2) is 0 Å². The topological polar surface area (TPSA) is 103 Å². The fourth-order valence-corrected chi connectivity index (χ4v) is 3.04. The van der Waals surface area contributed by atoms with Crippen LogP contribution in [0.1, 0.15) is 66.6 Å². The van der Waals surface area contributed by atoms with Gasteiger partial charge in [0.1, 0.15) is 12.4 Å². The quantitative estimate of drug-likeness (QED) is 0.707. The number of hydrogen-bond acceptors (Lipinski definition) is 4. The van der Waals surface area contributed by atoms with Crippen molar-refractivity contribution in [3.63, 3.8) is 0 Å². The summed E-state index contributed by atoms with van der Waals surface area (Å²) in [4.78, 5) is 27.2. The number of nitrogens with zero attached hydrogens (tertiary/aromatic N) is 4. The lowest BCUT2D eigenvalue weighted by Crippen LogP contribution is -2.45. The predicted molar refractivity (Wildman–Crippen MR) is 127 cm³/mol. The standard InChI is InChI=1S/C24H34N6O2/c1-16(2)29(22(32)26-18-11-9-10-17(12-18)14-25)15-21(31)27-20-13-19(23(3,4)5)28-30(20)24(6,7)8/h9-13,16H,15H2,1-8H3,(H,26,32)(H,27,31). The molecule has 2 N–H and O–H groups in total. The van der Waals surface area contributed by atoms with Crippen LogP contribution in [-0.2, 0) is 15.7 Å². The van der Waals surface area contributed by atoms with E-state index in [1.807, 2.05) is 46.8 Å². The Morgan fingerprint density at radius 1 is 1.12 bits per heavy atom. The molecule has 0 aliphatic carbocycles. The van der Waals surface area contributed by atoms with Gasteiger partial charge in [-0.25, -0.2) is 9.48 Å². The summed E-state index contributed by atoms with van der Waals surface area (Å²) >= 11 is 0. The van der Waals surface area contributed by atoms with E-state index in [1.54, 1.807) is 28.9 Å². The minimum absolute atomic E-state index is 0.123. The molecule has 0 atom stereocenters. The van der Waals surface area contributed by atoms with Crippen LogP contribution in [0.25, 0.3) is 0 Å². The Balaban J connectivity index is 2.19. The molecule has 0 aliphatic heterocycles. The average molecular weight is 439 g/mol. The van der Waals surface area contributed by atoms with Crippen molar-refractivity contribution in [1.29, 1.82) is 5.26 Å². The van der Waals surface area contributed by atoms with Gasteiger partial charge in [-0.05, 0) is 52.8 Å². The molecular weight excluding hydrogens is 404 g/mol. The van der Waals surface area contributed by atoms with Gasteiger partial charge in [-0.15, -0.1) is 0 Å². The molecular formula is C24H34N6O2. The van der Waals surface area contributed by atoms with Crippen LogP contribution in [0.4, 0.5) is 16.3 Å². The second kappa shape index (κ2) is 9.43. The Labute approximate surface area is 190 Å². The van der Waals surface area contributed by atoms with E-state index in [2.05, 4.69) is 31.4 Å². The highest BCUT2D eigenvalue weighted by Gasteiger charge is 2.27. The first-order valence-electron chi connectivity index (χ1n) is 10.7. The molecule has 1 aromatic carbocycles. The number of carbonyl (C=O) groups is 2. The normalized spacial score (nSPS) is 11.8. The molecule has 0 aliphatic rings. The van der Waals surface area contributed by atoms with E-state index >= 15 is 0 Å². The van der Waals surface area contributed by atoms with Gasteiger partial charge in [-0.2, -0.15) is 10.4 Å². The third-order valence-electron chi connectivity index (χ3n) is 4.82. The molecule has 2 rings (SSSR count). The number of hydrogen-bond donors (Lipinski definition) is 2. The van der Waals surface area contributed by atoms with Gasteiger partial charge in [-0.3, -0.25) is 4.79 Å². The summed E-state index contributed by atoms with van der Waals surface area (Å²) in [6.07, 6.45) is 0. The Morgan fingerprint density at radius 3 is 2.31 bits per heavy atom. The molecule has 0 spiro atoms. The monoisotopic (exact) mass is 438 g/mol. The van der Waals surface area contributed by atoms with Crippen LogP contribution in [0.2, 0.25) is 0 Å². The second-order valence-electron chi connectivity index (χ2n) is 10.1. The van der Waals surface area contributed by atoms with E-state index in [0.29, 0.717) is 17.1 Å². The number of nitriles is 1. The molecule has 172 valence electrons. The molecule has 8 heteroatoms. The van der Waals surface area contributed by atoms with Gasteiger partial charge in [0.25, 0.3) is 0 Å². The Hall–Kier alpha value is -3.34. The van der Waals surface area contributed by atoms with Crippen LogP contribution in [0.15, 0.2) is 30.3 Å². The molecule has 0 unspecified atom stereocenters. The first kappa shape index (κ1) is 24.9. The molecule has 3 amide bonds. The van der Waals surface area contributed by atoms with Gasteiger partial charge >= 0.3 is 6.03 Å². The van der Waals surface area contributed by atoms with Gasteiger partial charge < -0.3 is 15.5 Å². The number of amides is 3. The number of aromatic nitrogens is 2. The number of benzene rings is 1. The maximum atomic E-state index is 12.9. The lowest BCUT2D eigenvalue weighted by molar-refractivity contribution is -0.117. The minimum atomic E-state index is -0.412. The van der Waals surface area contributed by atoms with Crippen LogP contribution >= 0.6 is 0 Å². The van der Waals surface area contributed by atoms with E-state index in [9.17, 15) is 9.59 Å². The third kappa shape index (κ3) is 6.33. The van der Waals surface area contributed by atoms with E-state index in [-0.39, 0.29) is 29.4 Å². The molecule has 0 bridgehead atoms. The maximum Gasteiger partial charge on any atom is 0.322 e. The molecule has 8 nitrogen and oxygen atoms in total. The van der Waals surface area contributed by atoms with Crippen LogP contribution in [-0.4, -0.2) is 39.2 Å². The van der Waals surface area contributed by atoms with Crippen molar-refractivity contribution in [3.05, 3.63) is 41.6 Å². The summed E-state index contributed by atoms with van der Waals surface area (Å²) in [5.74, 6) is 0.281. The lowest BCUT2D eigenvalue weighted by Gasteiger charge is -2.27. The SMILES string of the molecule is CC(C)N(CC(=O)Nc1cc(C(C)(C)C)nn1C(C)(C)C)C(=O)Nc1cccc(C#N)c1. The van der Waals surface area contributed by atoms with Gasteiger partial charge in [0.2, 0.25) is 5.91 Å². The molecule has 2 aromatic rings. The lowest BCUT2D eigenvalue weighted by atomic mass is 9.92. The highest BCUT2D eigenvalue weighted by atomic mass is 16.2. The second-order valence-corrected chi connectivity index (χ2v) is 10.1. The van der Waals surface area contributed by atoms with Crippen LogP contribution < -0.4 is 10.6 Å². The summed E-state index contributed by atoms with van der Waals surface area (Å²) in [6.45, 7) is 15.8. The first-order chi connectivity index (χ1) is 14.7. The van der Waals surface area contributed by atoms with Crippen molar-refractivity contribution in [2.75, 3.05) is 17.2 Å². The van der Waals surface area contributed by atoms with Crippen molar-refractivity contribution in [2.24, 2.45) is 0 Å². The molecule has 1 heterocycles.